The Kier molecular flexibility index (Phi) is 4.94. The first-order valence-electron chi connectivity index (χ1n) is 3.09. The minimum absolute atomic E-state index is 0.179. The monoisotopic (exact) mass is 181 g/mol. The number of hydrogen-bond donors (Lipinski definition) is 2. The summed E-state index contributed by atoms with van der Waals surface area (Å²) in [6.07, 6.45) is 0.618. The molecule has 6 heteroatoms. The number of carboxylic acids is 1. The van der Waals surface area contributed by atoms with Crippen LogP contribution in [0, 0.1) is 0 Å². The van der Waals surface area contributed by atoms with E-state index in [4.69, 9.17) is 10.00 Å². The lowest BCUT2D eigenvalue weighted by atomic mass is 10.5. The van der Waals surface area contributed by atoms with Crippen LogP contribution in [0.3, 0.4) is 0 Å². The number of carbonyl (C=O) groups is 1. The van der Waals surface area contributed by atoms with Crippen LogP contribution in [0.4, 0.5) is 0 Å². The number of aliphatic carboxylic acids is 1. The third kappa shape index (κ3) is 4.03. The molecule has 0 aliphatic carbocycles. The summed E-state index contributed by atoms with van der Waals surface area (Å²) in [6.45, 7) is 1.96. The highest BCUT2D eigenvalue weighted by Crippen LogP contribution is 2.23. The van der Waals surface area contributed by atoms with Gasteiger partial charge in [0.25, 0.3) is 0 Å². The molecule has 0 rings (SSSR count). The summed E-state index contributed by atoms with van der Waals surface area (Å²) < 4.78 is 14.9. The minimum atomic E-state index is -2.79. The highest BCUT2D eigenvalue weighted by molar-refractivity contribution is 7.40. The molecule has 0 saturated heterocycles. The molecule has 0 aromatic heterocycles. The van der Waals surface area contributed by atoms with Gasteiger partial charge in [0.15, 0.2) is 0 Å². The van der Waals surface area contributed by atoms with Gasteiger partial charge in [-0.2, -0.15) is 4.89 Å². The molecule has 64 valence electrons. The number of ether oxygens (including phenoxy) is 1. The summed E-state index contributed by atoms with van der Waals surface area (Å²) in [5, 5.41) is 8.30. The lowest BCUT2D eigenvalue weighted by Gasteiger charge is -1.98. The van der Waals surface area contributed by atoms with Gasteiger partial charge in [-0.3, -0.25) is 0 Å². The molecule has 0 fully saturated rings. The van der Waals surface area contributed by atoms with E-state index in [-0.39, 0.29) is 6.61 Å². The van der Waals surface area contributed by atoms with Crippen LogP contribution in [0.1, 0.15) is 13.3 Å². The van der Waals surface area contributed by atoms with Crippen molar-refractivity contribution in [3.8, 4) is 0 Å². The molecule has 2 atom stereocenters. The normalized spacial score (nSPS) is 14.2. The predicted octanol–water partition coefficient (Wildman–Crippen LogP) is 0.558. The molecule has 11 heavy (non-hydrogen) atoms. The number of carboxylic acid groups (broad SMARTS) is 1. The second kappa shape index (κ2) is 5.18. The third-order valence-electron chi connectivity index (χ3n) is 0.892. The fourth-order valence-electron chi connectivity index (χ4n) is 0.459. The molecule has 2 N–H and O–H groups in total. The van der Waals surface area contributed by atoms with Crippen LogP contribution in [0.2, 0.25) is 0 Å². The van der Waals surface area contributed by atoms with Gasteiger partial charge >= 0.3 is 19.8 Å². The highest BCUT2D eigenvalue weighted by atomic mass is 31.1. The Labute approximate surface area is 64.9 Å². The van der Waals surface area contributed by atoms with Crippen LogP contribution in [0.15, 0.2) is 0 Å². The zero-order valence-electron chi connectivity index (χ0n) is 6.06. The third-order valence-corrected chi connectivity index (χ3v) is 1.66. The maximum absolute atomic E-state index is 10.3. The Balaban J connectivity index is 3.90. The average molecular weight is 181 g/mol. The first-order chi connectivity index (χ1) is 5.09. The lowest BCUT2D eigenvalue weighted by Crippen LogP contribution is -2.20. The fourth-order valence-corrected chi connectivity index (χ4v) is 0.881. The maximum Gasteiger partial charge on any atom is 0.550 e. The molecule has 2 unspecified atom stereocenters. The molecule has 0 aliphatic heterocycles. The molecule has 0 aromatic rings. The van der Waals surface area contributed by atoms with Gasteiger partial charge in [-0.15, -0.1) is 0 Å². The van der Waals surface area contributed by atoms with Gasteiger partial charge in [-0.05, 0) is 11.0 Å². The second-order valence-electron chi connectivity index (χ2n) is 1.86. The Morgan fingerprint density at radius 2 is 2.27 bits per heavy atom. The number of hydrogen-bond acceptors (Lipinski definition) is 3. The molecule has 0 bridgehead atoms. The van der Waals surface area contributed by atoms with E-state index in [9.17, 15) is 9.36 Å². The van der Waals surface area contributed by atoms with Crippen molar-refractivity contribution < 1.29 is 24.1 Å². The van der Waals surface area contributed by atoms with Crippen LogP contribution in [-0.4, -0.2) is 28.4 Å². The smallest absolute Gasteiger partial charge is 0.476 e. The Morgan fingerprint density at radius 1 is 1.73 bits per heavy atom. The van der Waals surface area contributed by atoms with Gasteiger partial charge in [0.2, 0.25) is 0 Å². The molecule has 0 radical (unpaired) electrons. The van der Waals surface area contributed by atoms with Gasteiger partial charge in [0, 0.05) is 0 Å². The van der Waals surface area contributed by atoms with Crippen LogP contribution in [0.5, 0.6) is 0 Å². The van der Waals surface area contributed by atoms with Crippen molar-refractivity contribution in [1.29, 1.82) is 0 Å². The van der Waals surface area contributed by atoms with Crippen molar-refractivity contribution in [2.24, 2.45) is 0 Å². The average Bonchev–Trinajstić information content (AvgIpc) is 1.87. The number of rotatable bonds is 5. The molecule has 0 spiro atoms. The predicted molar refractivity (Wildman–Crippen MR) is 37.5 cm³/mol. The van der Waals surface area contributed by atoms with Gasteiger partial charge < -0.3 is 9.84 Å². The van der Waals surface area contributed by atoms with E-state index >= 15 is 0 Å². The van der Waals surface area contributed by atoms with E-state index in [0.29, 0.717) is 6.42 Å². The van der Waals surface area contributed by atoms with E-state index in [1.54, 1.807) is 6.92 Å². The highest BCUT2D eigenvalue weighted by Gasteiger charge is 2.37. The van der Waals surface area contributed by atoms with E-state index in [1.807, 2.05) is 0 Å². The van der Waals surface area contributed by atoms with Crippen molar-refractivity contribution in [1.82, 2.24) is 0 Å². The molecule has 0 saturated carbocycles. The van der Waals surface area contributed by atoms with Crippen LogP contribution < -0.4 is 0 Å². The zero-order valence-corrected chi connectivity index (χ0v) is 6.95. The van der Waals surface area contributed by atoms with Crippen molar-refractivity contribution in [3.63, 3.8) is 0 Å². The summed E-state index contributed by atoms with van der Waals surface area (Å²) in [5.41, 5.74) is 0. The van der Waals surface area contributed by atoms with Crippen LogP contribution in [0.25, 0.3) is 0 Å². The van der Waals surface area contributed by atoms with E-state index in [1.165, 1.54) is 0 Å². The van der Waals surface area contributed by atoms with Gasteiger partial charge in [-0.1, -0.05) is 6.92 Å². The zero-order chi connectivity index (χ0) is 8.85. The van der Waals surface area contributed by atoms with Crippen LogP contribution >= 0.6 is 8.03 Å². The second-order valence-corrected chi connectivity index (χ2v) is 2.94. The van der Waals surface area contributed by atoms with Crippen molar-refractivity contribution in [3.05, 3.63) is 0 Å². The molecule has 0 amide bonds. The Hall–Kier alpha value is -0.510. The minimum Gasteiger partial charge on any atom is -0.476 e. The van der Waals surface area contributed by atoms with Crippen molar-refractivity contribution >= 4 is 14.0 Å². The Morgan fingerprint density at radius 3 is 2.55 bits per heavy atom. The summed E-state index contributed by atoms with van der Waals surface area (Å²) >= 11 is 0. The molecule has 5 nitrogen and oxygen atoms in total. The van der Waals surface area contributed by atoms with Gasteiger partial charge in [0.1, 0.15) is 0 Å². The molecular weight excluding hydrogens is 171 g/mol. The first-order valence-corrected chi connectivity index (χ1v) is 4.37. The molecule has 0 heterocycles. The summed E-state index contributed by atoms with van der Waals surface area (Å²) in [6, 6.07) is 0. The maximum atomic E-state index is 10.3. The van der Waals surface area contributed by atoms with E-state index < -0.39 is 19.8 Å². The fraction of sp³-hybridized carbons (Fsp3) is 0.800. The molecule has 0 aromatic carbocycles. The standard InChI is InChI=1S/C5H9O5P/c1-2-3-10-5(4(6)7)11(8)9/h5H,2-3H2,1H3,(H-,6,7,8,9)/p+1. The molecular formula is C5H10O5P+. The lowest BCUT2D eigenvalue weighted by molar-refractivity contribution is -0.145. The quantitative estimate of drug-likeness (QED) is 0.605. The van der Waals surface area contributed by atoms with E-state index in [0.717, 1.165) is 0 Å². The van der Waals surface area contributed by atoms with Gasteiger partial charge in [0.05, 0.1) is 6.61 Å². The first kappa shape index (κ1) is 10.5. The SMILES string of the molecule is CCCOC(C(=O)O)[P+](=O)O. The van der Waals surface area contributed by atoms with Crippen LogP contribution in [-0.2, 0) is 14.1 Å². The van der Waals surface area contributed by atoms with Gasteiger partial charge in [-0.25, -0.2) is 4.79 Å². The topological polar surface area (TPSA) is 83.8 Å². The van der Waals surface area contributed by atoms with Crippen molar-refractivity contribution in [2.45, 2.75) is 19.2 Å². The van der Waals surface area contributed by atoms with E-state index in [2.05, 4.69) is 4.74 Å². The Bertz CT molecular complexity index is 143. The summed E-state index contributed by atoms with van der Waals surface area (Å²) in [5.74, 6) is -2.98. The summed E-state index contributed by atoms with van der Waals surface area (Å²) in [7, 11) is -2.79. The van der Waals surface area contributed by atoms with Crippen molar-refractivity contribution in [2.75, 3.05) is 6.61 Å². The summed E-state index contributed by atoms with van der Waals surface area (Å²) in [4.78, 5) is 18.6. The largest absolute Gasteiger partial charge is 0.550 e. The molecule has 0 aliphatic rings.